The Balaban J connectivity index is 1.52. The number of morpholine rings is 1. The minimum Gasteiger partial charge on any atom is -0.379 e. The van der Waals surface area contributed by atoms with E-state index in [2.05, 4.69) is 10.2 Å². The van der Waals surface area contributed by atoms with E-state index >= 15 is 0 Å². The third-order valence-electron chi connectivity index (χ3n) is 6.07. The Labute approximate surface area is 151 Å². The molecule has 1 spiro atoms. The summed E-state index contributed by atoms with van der Waals surface area (Å²) in [5.74, 6) is 0.257. The van der Waals surface area contributed by atoms with Crippen molar-refractivity contribution in [1.29, 1.82) is 0 Å². The van der Waals surface area contributed by atoms with Crippen LogP contribution in [0.1, 0.15) is 52.4 Å². The normalized spacial score (nSPS) is 26.8. The monoisotopic (exact) mass is 351 g/mol. The van der Waals surface area contributed by atoms with Crippen LogP contribution in [0.5, 0.6) is 0 Å². The molecule has 0 aromatic rings. The highest BCUT2D eigenvalue weighted by Crippen LogP contribution is 2.50. The van der Waals surface area contributed by atoms with Gasteiger partial charge in [0, 0.05) is 25.7 Å². The number of rotatable bonds is 6. The van der Waals surface area contributed by atoms with Crippen molar-refractivity contribution in [3.8, 4) is 0 Å². The van der Waals surface area contributed by atoms with Crippen LogP contribution in [0.2, 0.25) is 0 Å². The number of likely N-dealkylation sites (tertiary alicyclic amines) is 1. The summed E-state index contributed by atoms with van der Waals surface area (Å²) in [5.41, 5.74) is -0.406. The van der Waals surface area contributed by atoms with Crippen molar-refractivity contribution in [3.05, 3.63) is 0 Å². The number of nitrogens with one attached hydrogen (secondary N) is 1. The van der Waals surface area contributed by atoms with Crippen LogP contribution in [0.15, 0.2) is 0 Å². The molecule has 2 saturated heterocycles. The van der Waals surface area contributed by atoms with Crippen molar-refractivity contribution in [2.45, 2.75) is 64.5 Å². The highest BCUT2D eigenvalue weighted by molar-refractivity contribution is 6.02. The number of carbonyl (C=O) groups excluding carboxylic acids is 2. The first-order valence-corrected chi connectivity index (χ1v) is 9.97. The molecule has 2 amide bonds. The predicted molar refractivity (Wildman–Crippen MR) is 96.2 cm³/mol. The summed E-state index contributed by atoms with van der Waals surface area (Å²) in [6.07, 6.45) is 6.02. The van der Waals surface area contributed by atoms with Crippen molar-refractivity contribution in [3.63, 3.8) is 0 Å². The van der Waals surface area contributed by atoms with Gasteiger partial charge in [0.15, 0.2) is 0 Å². The highest BCUT2D eigenvalue weighted by atomic mass is 16.5. The quantitative estimate of drug-likeness (QED) is 0.580. The van der Waals surface area contributed by atoms with Crippen LogP contribution >= 0.6 is 0 Å². The molecule has 2 aliphatic heterocycles. The maximum atomic E-state index is 12.9. The lowest BCUT2D eigenvalue weighted by atomic mass is 9.61. The second-order valence-electron chi connectivity index (χ2n) is 8.02. The Morgan fingerprint density at radius 1 is 1.24 bits per heavy atom. The summed E-state index contributed by atoms with van der Waals surface area (Å²) in [4.78, 5) is 29.8. The van der Waals surface area contributed by atoms with Gasteiger partial charge < -0.3 is 15.0 Å². The van der Waals surface area contributed by atoms with Gasteiger partial charge in [0.05, 0.1) is 18.6 Å². The van der Waals surface area contributed by atoms with Gasteiger partial charge in [-0.25, -0.2) is 0 Å². The Hall–Kier alpha value is -1.14. The summed E-state index contributed by atoms with van der Waals surface area (Å²) in [7, 11) is 0. The van der Waals surface area contributed by atoms with Crippen LogP contribution in [-0.4, -0.2) is 73.1 Å². The van der Waals surface area contributed by atoms with Crippen LogP contribution in [0.3, 0.4) is 0 Å². The Morgan fingerprint density at radius 2 is 1.92 bits per heavy atom. The molecule has 6 heteroatoms. The van der Waals surface area contributed by atoms with Gasteiger partial charge in [0.2, 0.25) is 11.8 Å². The van der Waals surface area contributed by atoms with E-state index < -0.39 is 5.41 Å². The molecule has 1 saturated carbocycles. The number of carbonyl (C=O) groups is 2. The topological polar surface area (TPSA) is 61.9 Å². The zero-order valence-corrected chi connectivity index (χ0v) is 15.8. The fraction of sp³-hybridized carbons (Fsp3) is 0.895. The Kier molecular flexibility index (Phi) is 6.00. The average Bonchev–Trinajstić information content (AvgIpc) is 2.63. The standard InChI is InChI=1S/C19H33N3O3/c1-15(2)22-16(19(18(22)24)7-4-3-5-8-19)17(23)20-9-6-10-21-11-13-25-14-12-21/h15-16H,3-14H2,1-2H3,(H,20,23). The van der Waals surface area contributed by atoms with E-state index in [0.29, 0.717) is 6.54 Å². The Bertz CT molecular complexity index is 482. The maximum Gasteiger partial charge on any atom is 0.243 e. The molecule has 142 valence electrons. The van der Waals surface area contributed by atoms with Crippen LogP contribution in [0.4, 0.5) is 0 Å². The van der Waals surface area contributed by atoms with Gasteiger partial charge in [-0.1, -0.05) is 19.3 Å². The zero-order chi connectivity index (χ0) is 17.9. The molecule has 0 bridgehead atoms. The lowest BCUT2D eigenvalue weighted by Gasteiger charge is -2.58. The summed E-state index contributed by atoms with van der Waals surface area (Å²) in [6, 6.07) is -0.173. The Morgan fingerprint density at radius 3 is 2.56 bits per heavy atom. The maximum absolute atomic E-state index is 12.9. The first-order chi connectivity index (χ1) is 12.1. The van der Waals surface area contributed by atoms with Crippen molar-refractivity contribution < 1.29 is 14.3 Å². The van der Waals surface area contributed by atoms with Crippen molar-refractivity contribution in [1.82, 2.24) is 15.1 Å². The smallest absolute Gasteiger partial charge is 0.243 e. The fourth-order valence-corrected chi connectivity index (χ4v) is 4.71. The van der Waals surface area contributed by atoms with Gasteiger partial charge >= 0.3 is 0 Å². The molecule has 3 fully saturated rings. The van der Waals surface area contributed by atoms with E-state index in [1.165, 1.54) is 6.42 Å². The number of hydrogen-bond acceptors (Lipinski definition) is 4. The van der Waals surface area contributed by atoms with E-state index in [-0.39, 0.29) is 23.9 Å². The lowest BCUT2D eigenvalue weighted by molar-refractivity contribution is -0.185. The second kappa shape index (κ2) is 8.04. The van der Waals surface area contributed by atoms with Crippen molar-refractivity contribution >= 4 is 11.8 Å². The van der Waals surface area contributed by atoms with Gasteiger partial charge in [-0.05, 0) is 39.7 Å². The molecular weight excluding hydrogens is 318 g/mol. The average molecular weight is 351 g/mol. The number of β-lactam (4-membered cyclic amide) rings is 1. The molecule has 3 aliphatic rings. The largest absolute Gasteiger partial charge is 0.379 e. The summed E-state index contributed by atoms with van der Waals surface area (Å²) in [5, 5.41) is 3.11. The third-order valence-corrected chi connectivity index (χ3v) is 6.07. The molecule has 0 radical (unpaired) electrons. The first kappa shape index (κ1) is 18.6. The molecule has 25 heavy (non-hydrogen) atoms. The number of hydrogen-bond donors (Lipinski definition) is 1. The molecule has 6 nitrogen and oxygen atoms in total. The van der Waals surface area contributed by atoms with Crippen LogP contribution < -0.4 is 5.32 Å². The van der Waals surface area contributed by atoms with Gasteiger partial charge in [0.25, 0.3) is 0 Å². The van der Waals surface area contributed by atoms with E-state index in [9.17, 15) is 9.59 Å². The summed E-state index contributed by atoms with van der Waals surface area (Å²) < 4.78 is 5.36. The minimum absolute atomic E-state index is 0.0529. The molecule has 0 aromatic carbocycles. The van der Waals surface area contributed by atoms with E-state index in [1.807, 2.05) is 18.7 Å². The molecular formula is C19H33N3O3. The highest BCUT2D eigenvalue weighted by Gasteiger charge is 2.63. The third kappa shape index (κ3) is 3.70. The van der Waals surface area contributed by atoms with Crippen LogP contribution in [-0.2, 0) is 14.3 Å². The van der Waals surface area contributed by atoms with Crippen LogP contribution in [0.25, 0.3) is 0 Å². The van der Waals surface area contributed by atoms with E-state index in [4.69, 9.17) is 4.74 Å². The second-order valence-corrected chi connectivity index (χ2v) is 8.02. The van der Waals surface area contributed by atoms with Crippen molar-refractivity contribution in [2.75, 3.05) is 39.4 Å². The molecule has 1 N–H and O–H groups in total. The number of amides is 2. The molecule has 2 heterocycles. The van der Waals surface area contributed by atoms with Gasteiger partial charge in [-0.3, -0.25) is 14.5 Å². The van der Waals surface area contributed by atoms with Gasteiger partial charge in [-0.15, -0.1) is 0 Å². The van der Waals surface area contributed by atoms with E-state index in [1.54, 1.807) is 0 Å². The molecule has 0 aromatic heterocycles. The molecule has 1 aliphatic carbocycles. The van der Waals surface area contributed by atoms with Crippen molar-refractivity contribution in [2.24, 2.45) is 5.41 Å². The fourth-order valence-electron chi connectivity index (χ4n) is 4.71. The number of ether oxygens (including phenoxy) is 1. The summed E-state index contributed by atoms with van der Waals surface area (Å²) >= 11 is 0. The lowest BCUT2D eigenvalue weighted by Crippen LogP contribution is -2.75. The summed E-state index contributed by atoms with van der Waals surface area (Å²) in [6.45, 7) is 9.27. The van der Waals surface area contributed by atoms with E-state index in [0.717, 1.165) is 65.0 Å². The van der Waals surface area contributed by atoms with Gasteiger partial charge in [0.1, 0.15) is 6.04 Å². The van der Waals surface area contributed by atoms with Gasteiger partial charge in [-0.2, -0.15) is 0 Å². The minimum atomic E-state index is -0.406. The van der Waals surface area contributed by atoms with Crippen LogP contribution in [0, 0.1) is 5.41 Å². The molecule has 1 atom stereocenters. The molecule has 1 unspecified atom stereocenters. The zero-order valence-electron chi connectivity index (χ0n) is 15.8. The molecule has 3 rings (SSSR count). The SMILES string of the molecule is CC(C)N1C(=O)C2(CCCCC2)C1C(=O)NCCCN1CCOCC1. The first-order valence-electron chi connectivity index (χ1n) is 9.97. The predicted octanol–water partition coefficient (Wildman–Crippen LogP) is 1.39. The number of nitrogens with zero attached hydrogens (tertiary/aromatic N) is 2.